The average Bonchev–Trinajstić information content (AvgIpc) is 3.14. The van der Waals surface area contributed by atoms with Gasteiger partial charge in [0, 0.05) is 52.1 Å². The second-order valence-electron chi connectivity index (χ2n) is 6.52. The van der Waals surface area contributed by atoms with Gasteiger partial charge < -0.3 is 14.5 Å². The molecule has 3 rings (SSSR count). The van der Waals surface area contributed by atoms with Gasteiger partial charge in [-0.1, -0.05) is 6.07 Å². The summed E-state index contributed by atoms with van der Waals surface area (Å²) in [6, 6.07) is 6.00. The number of hydrogen-bond donors (Lipinski definition) is 0. The van der Waals surface area contributed by atoms with Crippen LogP contribution in [0.25, 0.3) is 0 Å². The van der Waals surface area contributed by atoms with Crippen molar-refractivity contribution in [2.24, 2.45) is 0 Å². The zero-order valence-electron chi connectivity index (χ0n) is 14.6. The fraction of sp³-hybridized carbons (Fsp3) is 0.667. The third-order valence-corrected chi connectivity index (χ3v) is 4.89. The summed E-state index contributed by atoms with van der Waals surface area (Å²) in [6.07, 6.45) is 4.25. The molecule has 0 spiro atoms. The van der Waals surface area contributed by atoms with E-state index in [0.717, 1.165) is 64.5 Å². The van der Waals surface area contributed by atoms with Gasteiger partial charge in [-0.2, -0.15) is 0 Å². The van der Waals surface area contributed by atoms with Crippen molar-refractivity contribution in [1.29, 1.82) is 0 Å². The summed E-state index contributed by atoms with van der Waals surface area (Å²) in [4.78, 5) is 23.5. The van der Waals surface area contributed by atoms with Gasteiger partial charge in [-0.3, -0.25) is 9.69 Å². The van der Waals surface area contributed by atoms with Crippen LogP contribution in [0, 0.1) is 0 Å². The van der Waals surface area contributed by atoms with Crippen molar-refractivity contribution in [3.63, 3.8) is 0 Å². The number of hydrogen-bond acceptors (Lipinski definition) is 5. The topological polar surface area (TPSA) is 48.9 Å². The Morgan fingerprint density at radius 1 is 1.33 bits per heavy atom. The Morgan fingerprint density at radius 3 is 2.79 bits per heavy atom. The zero-order chi connectivity index (χ0) is 16.8. The number of aromatic nitrogens is 1. The summed E-state index contributed by atoms with van der Waals surface area (Å²) < 4.78 is 5.67. The molecule has 2 saturated heterocycles. The Morgan fingerprint density at radius 2 is 2.17 bits per heavy atom. The maximum atomic E-state index is 12.6. The van der Waals surface area contributed by atoms with Crippen LogP contribution in [0.15, 0.2) is 24.4 Å². The fourth-order valence-corrected chi connectivity index (χ4v) is 3.41. The Labute approximate surface area is 144 Å². The Balaban J connectivity index is 1.45. The van der Waals surface area contributed by atoms with E-state index in [4.69, 9.17) is 4.74 Å². The molecular formula is C18H28N4O2. The largest absolute Gasteiger partial charge is 0.376 e. The smallest absolute Gasteiger partial charge is 0.236 e. The molecule has 0 radical (unpaired) electrons. The molecule has 2 aliphatic rings. The van der Waals surface area contributed by atoms with Gasteiger partial charge in [0.05, 0.1) is 12.6 Å². The molecule has 1 aromatic rings. The Kier molecular flexibility index (Phi) is 6.04. The maximum absolute atomic E-state index is 12.6. The number of piperazine rings is 1. The summed E-state index contributed by atoms with van der Waals surface area (Å²) in [5.74, 6) is 1.25. The van der Waals surface area contributed by atoms with Crippen LogP contribution in [0.1, 0.15) is 19.8 Å². The quantitative estimate of drug-likeness (QED) is 0.784. The summed E-state index contributed by atoms with van der Waals surface area (Å²) >= 11 is 0. The van der Waals surface area contributed by atoms with Crippen molar-refractivity contribution >= 4 is 11.7 Å². The monoisotopic (exact) mass is 332 g/mol. The van der Waals surface area contributed by atoms with E-state index in [0.29, 0.717) is 6.54 Å². The molecule has 2 aliphatic heterocycles. The van der Waals surface area contributed by atoms with Crippen molar-refractivity contribution in [3.8, 4) is 0 Å². The highest BCUT2D eigenvalue weighted by Crippen LogP contribution is 2.15. The average molecular weight is 332 g/mol. The van der Waals surface area contributed by atoms with Crippen LogP contribution in [0.2, 0.25) is 0 Å². The van der Waals surface area contributed by atoms with Crippen molar-refractivity contribution in [2.45, 2.75) is 25.9 Å². The molecule has 0 bridgehead atoms. The van der Waals surface area contributed by atoms with Gasteiger partial charge in [-0.15, -0.1) is 0 Å². The van der Waals surface area contributed by atoms with Gasteiger partial charge in [0.2, 0.25) is 5.91 Å². The number of anilines is 1. The summed E-state index contributed by atoms with van der Waals surface area (Å²) in [5.41, 5.74) is 0. The lowest BCUT2D eigenvalue weighted by Crippen LogP contribution is -2.51. The van der Waals surface area contributed by atoms with E-state index in [1.807, 2.05) is 36.2 Å². The number of pyridine rings is 1. The molecule has 3 heterocycles. The third kappa shape index (κ3) is 4.45. The predicted octanol–water partition coefficient (Wildman–Crippen LogP) is 1.23. The number of nitrogens with zero attached hydrogens (tertiary/aromatic N) is 4. The van der Waals surface area contributed by atoms with Crippen LogP contribution in [-0.2, 0) is 9.53 Å². The molecule has 24 heavy (non-hydrogen) atoms. The first-order valence-corrected chi connectivity index (χ1v) is 9.04. The normalized spacial score (nSPS) is 21.9. The molecule has 2 fully saturated rings. The van der Waals surface area contributed by atoms with Crippen LogP contribution in [-0.4, -0.2) is 79.2 Å². The molecule has 6 nitrogen and oxygen atoms in total. The Bertz CT molecular complexity index is 511. The number of carbonyl (C=O) groups is 1. The summed E-state index contributed by atoms with van der Waals surface area (Å²) in [7, 11) is 0. The van der Waals surface area contributed by atoms with Gasteiger partial charge in [-0.25, -0.2) is 4.98 Å². The standard InChI is InChI=1S/C18H28N4O2/c1-2-21(14-16-6-5-13-24-16)18(23)15-20-9-11-22(12-10-20)17-7-3-4-8-19-17/h3-4,7-8,16H,2,5-6,9-15H2,1H3/t16-/m0/s1. The number of rotatable bonds is 6. The van der Waals surface area contributed by atoms with E-state index < -0.39 is 0 Å². The minimum absolute atomic E-state index is 0.222. The summed E-state index contributed by atoms with van der Waals surface area (Å²) in [6.45, 7) is 8.54. The lowest BCUT2D eigenvalue weighted by Gasteiger charge is -2.36. The first-order chi connectivity index (χ1) is 11.8. The Hall–Kier alpha value is -1.66. The van der Waals surface area contributed by atoms with Crippen LogP contribution in [0.4, 0.5) is 5.82 Å². The minimum Gasteiger partial charge on any atom is -0.376 e. The number of ether oxygens (including phenoxy) is 1. The van der Waals surface area contributed by atoms with Gasteiger partial charge in [0.25, 0.3) is 0 Å². The van der Waals surface area contributed by atoms with E-state index in [1.165, 1.54) is 0 Å². The molecule has 0 saturated carbocycles. The van der Waals surface area contributed by atoms with Crippen LogP contribution in [0.3, 0.4) is 0 Å². The minimum atomic E-state index is 0.222. The highest BCUT2D eigenvalue weighted by Gasteiger charge is 2.24. The van der Waals surface area contributed by atoms with Crippen molar-refractivity contribution in [1.82, 2.24) is 14.8 Å². The van der Waals surface area contributed by atoms with E-state index in [1.54, 1.807) is 0 Å². The molecule has 0 N–H and O–H groups in total. The number of likely N-dealkylation sites (N-methyl/N-ethyl adjacent to an activating group) is 1. The van der Waals surface area contributed by atoms with Crippen LogP contribution >= 0.6 is 0 Å². The van der Waals surface area contributed by atoms with Gasteiger partial charge in [0.1, 0.15) is 5.82 Å². The van der Waals surface area contributed by atoms with Crippen LogP contribution in [0.5, 0.6) is 0 Å². The highest BCUT2D eigenvalue weighted by molar-refractivity contribution is 5.78. The molecule has 6 heteroatoms. The second-order valence-corrected chi connectivity index (χ2v) is 6.52. The highest BCUT2D eigenvalue weighted by atomic mass is 16.5. The summed E-state index contributed by atoms with van der Waals surface area (Å²) in [5, 5.41) is 0. The zero-order valence-corrected chi connectivity index (χ0v) is 14.6. The first-order valence-electron chi connectivity index (χ1n) is 9.04. The van der Waals surface area contributed by atoms with Crippen molar-refractivity contribution in [2.75, 3.05) is 57.3 Å². The molecule has 0 unspecified atom stereocenters. The molecule has 0 aromatic carbocycles. The second kappa shape index (κ2) is 8.44. The molecular weight excluding hydrogens is 304 g/mol. The molecule has 0 aliphatic carbocycles. The van der Waals surface area contributed by atoms with Crippen molar-refractivity contribution in [3.05, 3.63) is 24.4 Å². The SMILES string of the molecule is CCN(C[C@@H]1CCCO1)C(=O)CN1CCN(c2ccccn2)CC1. The number of carbonyl (C=O) groups excluding carboxylic acids is 1. The van der Waals surface area contributed by atoms with Crippen molar-refractivity contribution < 1.29 is 9.53 Å². The molecule has 1 amide bonds. The predicted molar refractivity (Wildman–Crippen MR) is 94.1 cm³/mol. The van der Waals surface area contributed by atoms with Gasteiger partial charge >= 0.3 is 0 Å². The maximum Gasteiger partial charge on any atom is 0.236 e. The van der Waals surface area contributed by atoms with Gasteiger partial charge in [-0.05, 0) is 31.9 Å². The molecule has 132 valence electrons. The first kappa shape index (κ1) is 17.2. The molecule has 1 aromatic heterocycles. The van der Waals surface area contributed by atoms with Crippen LogP contribution < -0.4 is 4.90 Å². The van der Waals surface area contributed by atoms with E-state index >= 15 is 0 Å². The number of amides is 1. The lowest BCUT2D eigenvalue weighted by atomic mass is 10.2. The fourth-order valence-electron chi connectivity index (χ4n) is 3.41. The molecule has 1 atom stereocenters. The van der Waals surface area contributed by atoms with Gasteiger partial charge in [0.15, 0.2) is 0 Å². The third-order valence-electron chi connectivity index (χ3n) is 4.89. The van der Waals surface area contributed by atoms with E-state index in [2.05, 4.69) is 14.8 Å². The lowest BCUT2D eigenvalue weighted by molar-refractivity contribution is -0.133. The van der Waals surface area contributed by atoms with E-state index in [-0.39, 0.29) is 12.0 Å². The van der Waals surface area contributed by atoms with E-state index in [9.17, 15) is 4.79 Å².